The Hall–Kier alpha value is -0.650. The SMILES string of the molecule is CO[C@@H]1C[C@H](O)OC[C@@H]1NC(C)=O. The molecule has 0 aromatic heterocycles. The van der Waals surface area contributed by atoms with Crippen molar-refractivity contribution >= 4 is 5.91 Å². The fourth-order valence-corrected chi connectivity index (χ4v) is 1.41. The van der Waals surface area contributed by atoms with Crippen LogP contribution in [0, 0.1) is 0 Å². The molecule has 0 radical (unpaired) electrons. The van der Waals surface area contributed by atoms with Crippen LogP contribution in [0.1, 0.15) is 13.3 Å². The molecule has 13 heavy (non-hydrogen) atoms. The van der Waals surface area contributed by atoms with Gasteiger partial charge in [-0.25, -0.2) is 0 Å². The smallest absolute Gasteiger partial charge is 0.217 e. The molecule has 0 saturated carbocycles. The molecule has 1 aliphatic rings. The Kier molecular flexibility index (Phi) is 3.65. The topological polar surface area (TPSA) is 67.8 Å². The summed E-state index contributed by atoms with van der Waals surface area (Å²) in [6.07, 6.45) is -0.566. The van der Waals surface area contributed by atoms with E-state index in [1.807, 2.05) is 0 Å². The van der Waals surface area contributed by atoms with Crippen LogP contribution in [0.25, 0.3) is 0 Å². The molecule has 3 atom stereocenters. The molecule has 0 aromatic rings. The average Bonchev–Trinajstić information content (AvgIpc) is 2.07. The number of ether oxygens (including phenoxy) is 2. The van der Waals surface area contributed by atoms with Crippen LogP contribution in [0.2, 0.25) is 0 Å². The highest BCUT2D eigenvalue weighted by molar-refractivity contribution is 5.73. The molecule has 1 heterocycles. The van der Waals surface area contributed by atoms with Crippen molar-refractivity contribution in [1.29, 1.82) is 0 Å². The number of hydrogen-bond donors (Lipinski definition) is 2. The Morgan fingerprint density at radius 1 is 1.69 bits per heavy atom. The van der Waals surface area contributed by atoms with Crippen LogP contribution in [0.15, 0.2) is 0 Å². The highest BCUT2D eigenvalue weighted by Gasteiger charge is 2.30. The molecule has 0 aromatic carbocycles. The van der Waals surface area contributed by atoms with Crippen molar-refractivity contribution in [3.8, 4) is 0 Å². The summed E-state index contributed by atoms with van der Waals surface area (Å²) in [4.78, 5) is 10.8. The molecular formula is C8H15NO4. The van der Waals surface area contributed by atoms with Crippen molar-refractivity contribution in [2.24, 2.45) is 0 Å². The maximum absolute atomic E-state index is 10.8. The van der Waals surface area contributed by atoms with Gasteiger partial charge in [0.25, 0.3) is 0 Å². The number of aliphatic hydroxyl groups excluding tert-OH is 1. The molecule has 76 valence electrons. The molecule has 5 heteroatoms. The summed E-state index contributed by atoms with van der Waals surface area (Å²) in [7, 11) is 1.55. The van der Waals surface area contributed by atoms with Crippen molar-refractivity contribution in [2.45, 2.75) is 31.8 Å². The minimum absolute atomic E-state index is 0.118. The molecular weight excluding hydrogens is 174 g/mol. The molecule has 5 nitrogen and oxygen atoms in total. The molecule has 1 aliphatic heterocycles. The number of hydrogen-bond acceptors (Lipinski definition) is 4. The second-order valence-electron chi connectivity index (χ2n) is 3.10. The molecule has 0 unspecified atom stereocenters. The quantitative estimate of drug-likeness (QED) is 0.599. The Morgan fingerprint density at radius 2 is 2.38 bits per heavy atom. The molecule has 0 spiro atoms. The van der Waals surface area contributed by atoms with Crippen molar-refractivity contribution in [3.63, 3.8) is 0 Å². The zero-order valence-electron chi connectivity index (χ0n) is 7.82. The number of carbonyl (C=O) groups excluding carboxylic acids is 1. The first kappa shape index (κ1) is 10.4. The lowest BCUT2D eigenvalue weighted by Gasteiger charge is -2.33. The molecule has 1 fully saturated rings. The summed E-state index contributed by atoms with van der Waals surface area (Å²) in [6, 6.07) is -0.161. The third-order valence-corrected chi connectivity index (χ3v) is 2.04. The number of aliphatic hydroxyl groups is 1. The fraction of sp³-hybridized carbons (Fsp3) is 0.875. The minimum Gasteiger partial charge on any atom is -0.379 e. The summed E-state index contributed by atoms with van der Waals surface area (Å²) in [6.45, 7) is 1.73. The lowest BCUT2D eigenvalue weighted by atomic mass is 10.1. The van der Waals surface area contributed by atoms with Crippen LogP contribution in [-0.2, 0) is 14.3 Å². The largest absolute Gasteiger partial charge is 0.379 e. The van der Waals surface area contributed by atoms with E-state index in [1.54, 1.807) is 7.11 Å². The number of rotatable bonds is 2. The fourth-order valence-electron chi connectivity index (χ4n) is 1.41. The van der Waals surface area contributed by atoms with Crippen molar-refractivity contribution in [3.05, 3.63) is 0 Å². The minimum atomic E-state index is -0.782. The van der Waals surface area contributed by atoms with Gasteiger partial charge in [-0.15, -0.1) is 0 Å². The molecule has 1 rings (SSSR count). The molecule has 1 saturated heterocycles. The molecule has 2 N–H and O–H groups in total. The summed E-state index contributed by atoms with van der Waals surface area (Å²) >= 11 is 0. The first-order chi connectivity index (χ1) is 6.13. The van der Waals surface area contributed by atoms with Crippen LogP contribution < -0.4 is 5.32 Å². The van der Waals surface area contributed by atoms with E-state index in [2.05, 4.69) is 5.32 Å². The van der Waals surface area contributed by atoms with Gasteiger partial charge in [0, 0.05) is 20.5 Å². The maximum Gasteiger partial charge on any atom is 0.217 e. The van der Waals surface area contributed by atoms with Gasteiger partial charge in [-0.1, -0.05) is 0 Å². The lowest BCUT2D eigenvalue weighted by Crippen LogP contribution is -2.51. The third-order valence-electron chi connectivity index (χ3n) is 2.04. The van der Waals surface area contributed by atoms with E-state index in [0.717, 1.165) is 0 Å². The van der Waals surface area contributed by atoms with E-state index < -0.39 is 6.29 Å². The van der Waals surface area contributed by atoms with E-state index >= 15 is 0 Å². The van der Waals surface area contributed by atoms with Gasteiger partial charge >= 0.3 is 0 Å². The van der Waals surface area contributed by atoms with Crippen LogP contribution in [0.3, 0.4) is 0 Å². The predicted molar refractivity (Wildman–Crippen MR) is 45.0 cm³/mol. The summed E-state index contributed by atoms with van der Waals surface area (Å²) in [5, 5.41) is 11.9. The van der Waals surface area contributed by atoms with Crippen molar-refractivity contribution in [2.75, 3.05) is 13.7 Å². The van der Waals surface area contributed by atoms with Crippen molar-refractivity contribution < 1.29 is 19.4 Å². The average molecular weight is 189 g/mol. The zero-order valence-corrected chi connectivity index (χ0v) is 7.82. The van der Waals surface area contributed by atoms with Crippen LogP contribution in [0.5, 0.6) is 0 Å². The van der Waals surface area contributed by atoms with E-state index in [4.69, 9.17) is 14.6 Å². The summed E-state index contributed by atoms with van der Waals surface area (Å²) in [5.41, 5.74) is 0. The second kappa shape index (κ2) is 4.55. The Labute approximate surface area is 77.0 Å². The molecule has 0 bridgehead atoms. The van der Waals surface area contributed by atoms with Crippen LogP contribution in [0.4, 0.5) is 0 Å². The number of methoxy groups -OCH3 is 1. The second-order valence-corrected chi connectivity index (χ2v) is 3.10. The Bertz CT molecular complexity index is 185. The first-order valence-electron chi connectivity index (χ1n) is 4.23. The molecule has 1 amide bonds. The van der Waals surface area contributed by atoms with E-state index in [0.29, 0.717) is 13.0 Å². The number of nitrogens with one attached hydrogen (secondary N) is 1. The van der Waals surface area contributed by atoms with Gasteiger partial charge in [-0.2, -0.15) is 0 Å². The van der Waals surface area contributed by atoms with Gasteiger partial charge in [0.1, 0.15) is 0 Å². The van der Waals surface area contributed by atoms with Gasteiger partial charge in [-0.3, -0.25) is 4.79 Å². The van der Waals surface area contributed by atoms with Gasteiger partial charge in [0.05, 0.1) is 18.8 Å². The predicted octanol–water partition coefficient (Wildman–Crippen LogP) is -0.755. The first-order valence-corrected chi connectivity index (χ1v) is 4.23. The van der Waals surface area contributed by atoms with Crippen LogP contribution >= 0.6 is 0 Å². The Morgan fingerprint density at radius 3 is 2.92 bits per heavy atom. The van der Waals surface area contributed by atoms with Gasteiger partial charge in [0.15, 0.2) is 6.29 Å². The van der Waals surface area contributed by atoms with E-state index in [-0.39, 0.29) is 18.1 Å². The highest BCUT2D eigenvalue weighted by atomic mass is 16.6. The Balaban J connectivity index is 2.47. The van der Waals surface area contributed by atoms with E-state index in [9.17, 15) is 4.79 Å². The maximum atomic E-state index is 10.8. The monoisotopic (exact) mass is 189 g/mol. The summed E-state index contributed by atoms with van der Waals surface area (Å²) in [5.74, 6) is -0.118. The zero-order chi connectivity index (χ0) is 9.84. The molecule has 0 aliphatic carbocycles. The summed E-state index contributed by atoms with van der Waals surface area (Å²) < 4.78 is 10.1. The normalized spacial score (nSPS) is 34.2. The van der Waals surface area contributed by atoms with Gasteiger partial charge in [-0.05, 0) is 0 Å². The standard InChI is InChI=1S/C8H15NO4/c1-5(10)9-6-4-13-8(11)3-7(6)12-2/h6-8,11H,3-4H2,1-2H3,(H,9,10)/t6-,7+,8+/m0/s1. The van der Waals surface area contributed by atoms with Gasteiger partial charge < -0.3 is 19.9 Å². The third kappa shape index (κ3) is 2.95. The van der Waals surface area contributed by atoms with Crippen molar-refractivity contribution in [1.82, 2.24) is 5.32 Å². The van der Waals surface area contributed by atoms with Gasteiger partial charge in [0.2, 0.25) is 5.91 Å². The number of carbonyl (C=O) groups is 1. The van der Waals surface area contributed by atoms with E-state index in [1.165, 1.54) is 6.92 Å². The highest BCUT2D eigenvalue weighted by Crippen LogP contribution is 2.15. The van der Waals surface area contributed by atoms with Crippen LogP contribution in [-0.4, -0.2) is 43.2 Å². The number of amides is 1. The lowest BCUT2D eigenvalue weighted by molar-refractivity contribution is -0.172.